The Balaban J connectivity index is 1.73. The van der Waals surface area contributed by atoms with Crippen LogP contribution in [0.5, 0.6) is 0 Å². The van der Waals surface area contributed by atoms with Crippen LogP contribution in [-0.4, -0.2) is 42.3 Å². The van der Waals surface area contributed by atoms with Crippen molar-refractivity contribution in [3.8, 4) is 0 Å². The van der Waals surface area contributed by atoms with Gasteiger partial charge in [-0.15, -0.1) is 0 Å². The summed E-state index contributed by atoms with van der Waals surface area (Å²) in [7, 11) is 0. The Kier molecular flexibility index (Phi) is 3.29. The Morgan fingerprint density at radius 1 is 1.37 bits per heavy atom. The predicted octanol–water partition coefficient (Wildman–Crippen LogP) is 1.54. The van der Waals surface area contributed by atoms with Crippen molar-refractivity contribution in [2.24, 2.45) is 5.41 Å². The first-order valence-electron chi connectivity index (χ1n) is 6.80. The van der Waals surface area contributed by atoms with Crippen LogP contribution in [0.1, 0.15) is 17.5 Å². The zero-order valence-corrected chi connectivity index (χ0v) is 11.0. The highest BCUT2D eigenvalue weighted by Crippen LogP contribution is 2.32. The van der Waals surface area contributed by atoms with E-state index in [2.05, 4.69) is 23.1 Å². The molecule has 4 nitrogen and oxygen atoms in total. The van der Waals surface area contributed by atoms with Crippen LogP contribution in [0.3, 0.4) is 0 Å². The highest BCUT2D eigenvalue weighted by molar-refractivity contribution is 5.75. The molecule has 2 aliphatic heterocycles. The van der Waals surface area contributed by atoms with Crippen LogP contribution in [0.25, 0.3) is 0 Å². The van der Waals surface area contributed by atoms with Gasteiger partial charge in [0.25, 0.3) is 0 Å². The summed E-state index contributed by atoms with van der Waals surface area (Å²) in [5, 5.41) is 9.48. The molecule has 0 bridgehead atoms. The molecule has 19 heavy (non-hydrogen) atoms. The molecule has 1 saturated heterocycles. The molecule has 0 aliphatic carbocycles. The number of hydrogen-bond donors (Lipinski definition) is 1. The first kappa shape index (κ1) is 12.6. The number of hydrogen-bond acceptors (Lipinski definition) is 3. The third-order valence-corrected chi connectivity index (χ3v) is 4.29. The Morgan fingerprint density at radius 3 is 2.84 bits per heavy atom. The fourth-order valence-corrected chi connectivity index (χ4v) is 3.09. The van der Waals surface area contributed by atoms with Crippen LogP contribution < -0.4 is 0 Å². The maximum Gasteiger partial charge on any atom is 0.313 e. The van der Waals surface area contributed by atoms with Crippen molar-refractivity contribution in [1.82, 2.24) is 4.90 Å². The second kappa shape index (κ2) is 4.94. The number of benzene rings is 1. The smallest absolute Gasteiger partial charge is 0.313 e. The zero-order valence-electron chi connectivity index (χ0n) is 11.0. The van der Waals surface area contributed by atoms with E-state index in [9.17, 15) is 9.90 Å². The molecule has 0 saturated carbocycles. The predicted molar refractivity (Wildman–Crippen MR) is 70.9 cm³/mol. The number of carboxylic acids is 1. The molecule has 1 aromatic rings. The minimum atomic E-state index is -0.719. The van der Waals surface area contributed by atoms with Crippen molar-refractivity contribution >= 4 is 5.97 Å². The van der Waals surface area contributed by atoms with E-state index in [1.165, 1.54) is 11.1 Å². The van der Waals surface area contributed by atoms with Crippen molar-refractivity contribution in [2.45, 2.75) is 19.4 Å². The quantitative estimate of drug-likeness (QED) is 0.896. The number of aliphatic carboxylic acids is 1. The Bertz CT molecular complexity index is 480. The summed E-state index contributed by atoms with van der Waals surface area (Å²) < 4.78 is 5.33. The topological polar surface area (TPSA) is 49.8 Å². The molecule has 2 aliphatic rings. The van der Waals surface area contributed by atoms with E-state index in [4.69, 9.17) is 4.74 Å². The highest BCUT2D eigenvalue weighted by Gasteiger charge is 2.44. The molecule has 1 N–H and O–H groups in total. The number of ether oxygens (including phenoxy) is 1. The lowest BCUT2D eigenvalue weighted by Crippen LogP contribution is -2.45. The largest absolute Gasteiger partial charge is 0.481 e. The molecule has 3 rings (SSSR count). The fraction of sp³-hybridized carbons (Fsp3) is 0.533. The van der Waals surface area contributed by atoms with Gasteiger partial charge in [-0.2, -0.15) is 0 Å². The van der Waals surface area contributed by atoms with Crippen molar-refractivity contribution in [3.63, 3.8) is 0 Å². The van der Waals surface area contributed by atoms with Gasteiger partial charge in [0.15, 0.2) is 0 Å². The summed E-state index contributed by atoms with van der Waals surface area (Å²) in [5.41, 5.74) is 2.02. The molecule has 2 heterocycles. The Labute approximate surface area is 113 Å². The van der Waals surface area contributed by atoms with E-state index in [-0.39, 0.29) is 0 Å². The Hall–Kier alpha value is -1.39. The summed E-state index contributed by atoms with van der Waals surface area (Å²) in [6.07, 6.45) is 1.63. The van der Waals surface area contributed by atoms with Gasteiger partial charge in [-0.25, -0.2) is 0 Å². The van der Waals surface area contributed by atoms with Crippen LogP contribution in [0.15, 0.2) is 24.3 Å². The summed E-state index contributed by atoms with van der Waals surface area (Å²) in [6, 6.07) is 8.42. The van der Waals surface area contributed by atoms with Crippen LogP contribution in [-0.2, 0) is 22.5 Å². The lowest BCUT2D eigenvalue weighted by atomic mass is 9.86. The van der Waals surface area contributed by atoms with Gasteiger partial charge in [0.1, 0.15) is 5.41 Å². The van der Waals surface area contributed by atoms with Crippen LogP contribution in [0.4, 0.5) is 0 Å². The van der Waals surface area contributed by atoms with Crippen LogP contribution >= 0.6 is 0 Å². The number of rotatable bonds is 3. The standard InChI is InChI=1S/C15H19NO3/c17-14(18)15(6-8-19-11-15)10-16-7-5-12-3-1-2-4-13(12)9-16/h1-4H,5-11H2,(H,17,18). The summed E-state index contributed by atoms with van der Waals surface area (Å²) in [6.45, 7) is 3.30. The average Bonchev–Trinajstić information content (AvgIpc) is 2.88. The van der Waals surface area contributed by atoms with Gasteiger partial charge in [-0.3, -0.25) is 9.69 Å². The number of fused-ring (bicyclic) bond motifs is 1. The SMILES string of the molecule is O=C(O)C1(CN2CCc3ccccc3C2)CCOC1. The molecule has 0 radical (unpaired) electrons. The van der Waals surface area contributed by atoms with E-state index >= 15 is 0 Å². The second-order valence-corrected chi connectivity index (χ2v) is 5.62. The van der Waals surface area contributed by atoms with Crippen molar-refractivity contribution in [1.29, 1.82) is 0 Å². The average molecular weight is 261 g/mol. The van der Waals surface area contributed by atoms with E-state index in [0.29, 0.717) is 26.2 Å². The van der Waals surface area contributed by atoms with Crippen molar-refractivity contribution in [2.75, 3.05) is 26.3 Å². The molecule has 0 amide bonds. The molecule has 1 fully saturated rings. The lowest BCUT2D eigenvalue weighted by molar-refractivity contribution is -0.150. The third kappa shape index (κ3) is 2.38. The molecular weight excluding hydrogens is 242 g/mol. The van der Waals surface area contributed by atoms with Crippen molar-refractivity contribution in [3.05, 3.63) is 35.4 Å². The normalized spacial score (nSPS) is 27.2. The third-order valence-electron chi connectivity index (χ3n) is 4.29. The monoisotopic (exact) mass is 261 g/mol. The zero-order chi connectivity index (χ0) is 13.3. The summed E-state index contributed by atoms with van der Waals surface area (Å²) in [5.74, 6) is -0.719. The van der Waals surface area contributed by atoms with E-state index in [1.54, 1.807) is 0 Å². The molecule has 0 spiro atoms. The molecule has 0 aromatic heterocycles. The van der Waals surface area contributed by atoms with Gasteiger partial charge in [-0.05, 0) is 24.0 Å². The first-order valence-corrected chi connectivity index (χ1v) is 6.80. The molecular formula is C15H19NO3. The van der Waals surface area contributed by atoms with E-state index in [1.807, 2.05) is 6.07 Å². The molecule has 1 aromatic carbocycles. The second-order valence-electron chi connectivity index (χ2n) is 5.62. The van der Waals surface area contributed by atoms with Crippen LogP contribution in [0, 0.1) is 5.41 Å². The lowest BCUT2D eigenvalue weighted by Gasteiger charge is -2.34. The summed E-state index contributed by atoms with van der Waals surface area (Å²) >= 11 is 0. The first-order chi connectivity index (χ1) is 9.20. The summed E-state index contributed by atoms with van der Waals surface area (Å²) in [4.78, 5) is 13.8. The fourth-order valence-electron chi connectivity index (χ4n) is 3.09. The number of carboxylic acid groups (broad SMARTS) is 1. The van der Waals surface area contributed by atoms with Gasteiger partial charge in [0.2, 0.25) is 0 Å². The van der Waals surface area contributed by atoms with E-state index in [0.717, 1.165) is 19.5 Å². The van der Waals surface area contributed by atoms with Gasteiger partial charge in [0, 0.05) is 26.2 Å². The van der Waals surface area contributed by atoms with Gasteiger partial charge < -0.3 is 9.84 Å². The maximum absolute atomic E-state index is 11.5. The van der Waals surface area contributed by atoms with Gasteiger partial charge in [0.05, 0.1) is 6.61 Å². The molecule has 1 unspecified atom stereocenters. The number of carbonyl (C=O) groups is 1. The minimum Gasteiger partial charge on any atom is -0.481 e. The Morgan fingerprint density at radius 2 is 2.16 bits per heavy atom. The molecule has 102 valence electrons. The van der Waals surface area contributed by atoms with Crippen molar-refractivity contribution < 1.29 is 14.6 Å². The molecule has 1 atom stereocenters. The highest BCUT2D eigenvalue weighted by atomic mass is 16.5. The van der Waals surface area contributed by atoms with Gasteiger partial charge >= 0.3 is 5.97 Å². The van der Waals surface area contributed by atoms with Gasteiger partial charge in [-0.1, -0.05) is 24.3 Å². The molecule has 4 heteroatoms. The minimum absolute atomic E-state index is 0.348. The maximum atomic E-state index is 11.5. The van der Waals surface area contributed by atoms with E-state index < -0.39 is 11.4 Å². The van der Waals surface area contributed by atoms with Crippen LogP contribution in [0.2, 0.25) is 0 Å². The number of nitrogens with zero attached hydrogens (tertiary/aromatic N) is 1.